The van der Waals surface area contributed by atoms with Crippen molar-refractivity contribution in [3.63, 3.8) is 0 Å². The molecule has 1 heterocycles. The molecule has 1 aromatic rings. The Balaban J connectivity index is 2.18. The van der Waals surface area contributed by atoms with E-state index >= 15 is 0 Å². The van der Waals surface area contributed by atoms with Gasteiger partial charge in [0.25, 0.3) is 0 Å². The first-order valence-corrected chi connectivity index (χ1v) is 6.55. The highest BCUT2D eigenvalue weighted by Gasteiger charge is 2.23. The van der Waals surface area contributed by atoms with Gasteiger partial charge in [0.15, 0.2) is 0 Å². The molecular weight excluding hydrogens is 198 g/mol. The van der Waals surface area contributed by atoms with Crippen molar-refractivity contribution in [1.29, 1.82) is 0 Å². The van der Waals surface area contributed by atoms with Gasteiger partial charge in [-0.3, -0.25) is 0 Å². The fourth-order valence-corrected chi connectivity index (χ4v) is 2.66. The van der Waals surface area contributed by atoms with Gasteiger partial charge in [0.05, 0.1) is 5.69 Å². The lowest BCUT2D eigenvalue weighted by molar-refractivity contribution is 0.633. The predicted octanol–water partition coefficient (Wildman–Crippen LogP) is 3.00. The van der Waals surface area contributed by atoms with Crippen LogP contribution in [-0.2, 0) is 13.5 Å². The summed E-state index contributed by atoms with van der Waals surface area (Å²) >= 11 is 0. The van der Waals surface area contributed by atoms with Gasteiger partial charge < -0.3 is 10.3 Å². The van der Waals surface area contributed by atoms with E-state index in [1.165, 1.54) is 44.3 Å². The normalized spacial score (nSPS) is 17.1. The molecule has 0 aromatic carbocycles. The van der Waals surface area contributed by atoms with Crippen LogP contribution < -0.4 is 5.73 Å². The minimum Gasteiger partial charge on any atom is -0.384 e. The maximum atomic E-state index is 6.11. The third-order valence-corrected chi connectivity index (χ3v) is 3.74. The van der Waals surface area contributed by atoms with E-state index in [1.54, 1.807) is 0 Å². The van der Waals surface area contributed by atoms with Gasteiger partial charge in [-0.05, 0) is 25.7 Å². The fraction of sp³-hybridized carbons (Fsp3) is 0.769. The number of hydrogen-bond donors (Lipinski definition) is 1. The minimum absolute atomic E-state index is 0.655. The van der Waals surface area contributed by atoms with Crippen molar-refractivity contribution in [3.8, 4) is 0 Å². The first kappa shape index (κ1) is 11.5. The van der Waals surface area contributed by atoms with E-state index in [0.29, 0.717) is 5.92 Å². The van der Waals surface area contributed by atoms with Crippen LogP contribution in [0.4, 0.5) is 5.82 Å². The van der Waals surface area contributed by atoms with E-state index in [0.717, 1.165) is 17.9 Å². The van der Waals surface area contributed by atoms with Crippen molar-refractivity contribution in [2.24, 2.45) is 7.05 Å². The molecular formula is C13H23N3. The molecule has 0 bridgehead atoms. The summed E-state index contributed by atoms with van der Waals surface area (Å²) in [6, 6.07) is 0. The Bertz CT molecular complexity index is 348. The predicted molar refractivity (Wildman–Crippen MR) is 67.4 cm³/mol. The van der Waals surface area contributed by atoms with Gasteiger partial charge >= 0.3 is 0 Å². The molecule has 2 N–H and O–H groups in total. The number of nitrogen functional groups attached to an aromatic ring is 1. The van der Waals surface area contributed by atoms with Gasteiger partial charge in [0.1, 0.15) is 11.6 Å². The van der Waals surface area contributed by atoms with Crippen LogP contribution in [0.25, 0.3) is 0 Å². The molecule has 1 aliphatic rings. The summed E-state index contributed by atoms with van der Waals surface area (Å²) < 4.78 is 2.11. The molecule has 0 radical (unpaired) electrons. The minimum atomic E-state index is 0.655. The van der Waals surface area contributed by atoms with E-state index in [9.17, 15) is 0 Å². The summed E-state index contributed by atoms with van der Waals surface area (Å²) in [5.41, 5.74) is 7.23. The molecule has 2 rings (SSSR count). The number of aryl methyl sites for hydroxylation is 1. The second kappa shape index (κ2) is 4.89. The van der Waals surface area contributed by atoms with Crippen molar-refractivity contribution in [2.45, 2.75) is 57.8 Å². The quantitative estimate of drug-likeness (QED) is 0.849. The van der Waals surface area contributed by atoms with Crippen LogP contribution in [0.3, 0.4) is 0 Å². The standard InChI is InChI=1S/C13H23N3/c1-3-4-9-11-12(14)16(2)13(15-11)10-7-5-6-8-10/h10H,3-9,14H2,1-2H3. The molecule has 0 unspecified atom stereocenters. The van der Waals surface area contributed by atoms with Gasteiger partial charge in [0, 0.05) is 13.0 Å². The molecule has 0 amide bonds. The second-order valence-corrected chi connectivity index (χ2v) is 4.95. The van der Waals surface area contributed by atoms with Crippen LogP contribution in [-0.4, -0.2) is 9.55 Å². The molecule has 90 valence electrons. The smallest absolute Gasteiger partial charge is 0.126 e. The molecule has 0 aliphatic heterocycles. The van der Waals surface area contributed by atoms with Gasteiger partial charge in [-0.15, -0.1) is 0 Å². The highest BCUT2D eigenvalue weighted by atomic mass is 15.1. The summed E-state index contributed by atoms with van der Waals surface area (Å²) in [4.78, 5) is 4.77. The number of imidazole rings is 1. The van der Waals surface area contributed by atoms with Gasteiger partial charge in [-0.1, -0.05) is 26.2 Å². The molecule has 0 saturated heterocycles. The molecule has 1 aliphatic carbocycles. The van der Waals surface area contributed by atoms with Gasteiger partial charge in [-0.2, -0.15) is 0 Å². The maximum Gasteiger partial charge on any atom is 0.126 e. The second-order valence-electron chi connectivity index (χ2n) is 4.95. The van der Waals surface area contributed by atoms with Crippen molar-refractivity contribution in [1.82, 2.24) is 9.55 Å². The fourth-order valence-electron chi connectivity index (χ4n) is 2.66. The zero-order valence-electron chi connectivity index (χ0n) is 10.5. The van der Waals surface area contributed by atoms with Crippen molar-refractivity contribution >= 4 is 5.82 Å². The Morgan fingerprint density at radius 1 is 1.38 bits per heavy atom. The molecule has 1 aromatic heterocycles. The molecule has 16 heavy (non-hydrogen) atoms. The third kappa shape index (κ3) is 2.08. The van der Waals surface area contributed by atoms with Crippen LogP contribution >= 0.6 is 0 Å². The largest absolute Gasteiger partial charge is 0.384 e. The topological polar surface area (TPSA) is 43.8 Å². The van der Waals surface area contributed by atoms with E-state index in [4.69, 9.17) is 10.7 Å². The average Bonchev–Trinajstić information content (AvgIpc) is 2.88. The first-order valence-electron chi connectivity index (χ1n) is 6.55. The lowest BCUT2D eigenvalue weighted by atomic mass is 10.1. The van der Waals surface area contributed by atoms with Crippen LogP contribution in [0.15, 0.2) is 0 Å². The Hall–Kier alpha value is -0.990. The van der Waals surface area contributed by atoms with Crippen molar-refractivity contribution in [3.05, 3.63) is 11.5 Å². The van der Waals surface area contributed by atoms with Crippen LogP contribution in [0.2, 0.25) is 0 Å². The summed E-state index contributed by atoms with van der Waals surface area (Å²) in [5, 5.41) is 0. The van der Waals surface area contributed by atoms with Crippen LogP contribution in [0.1, 0.15) is 62.9 Å². The average molecular weight is 221 g/mol. The summed E-state index contributed by atoms with van der Waals surface area (Å²) in [7, 11) is 2.06. The third-order valence-electron chi connectivity index (χ3n) is 3.74. The van der Waals surface area contributed by atoms with Crippen LogP contribution in [0, 0.1) is 0 Å². The number of aromatic nitrogens is 2. The van der Waals surface area contributed by atoms with E-state index in [1.807, 2.05) is 0 Å². The highest BCUT2D eigenvalue weighted by Crippen LogP contribution is 2.34. The first-order chi connectivity index (χ1) is 7.74. The summed E-state index contributed by atoms with van der Waals surface area (Å²) in [5.74, 6) is 2.76. The number of rotatable bonds is 4. The Labute approximate surface area is 98.1 Å². The Morgan fingerprint density at radius 3 is 2.69 bits per heavy atom. The highest BCUT2D eigenvalue weighted by molar-refractivity contribution is 5.38. The van der Waals surface area contributed by atoms with Gasteiger partial charge in [-0.25, -0.2) is 4.98 Å². The number of nitrogens with zero attached hydrogens (tertiary/aromatic N) is 2. The number of unbranched alkanes of at least 4 members (excludes halogenated alkanes) is 1. The SMILES string of the molecule is CCCCc1nc(C2CCCC2)n(C)c1N. The van der Waals surface area contributed by atoms with Crippen LogP contribution in [0.5, 0.6) is 0 Å². The van der Waals surface area contributed by atoms with Crippen molar-refractivity contribution in [2.75, 3.05) is 5.73 Å². The Kier molecular flexibility index (Phi) is 3.52. The zero-order valence-corrected chi connectivity index (χ0v) is 10.5. The summed E-state index contributed by atoms with van der Waals surface area (Å²) in [6.07, 6.45) is 8.70. The van der Waals surface area contributed by atoms with E-state index < -0.39 is 0 Å². The molecule has 1 fully saturated rings. The number of hydrogen-bond acceptors (Lipinski definition) is 2. The number of anilines is 1. The molecule has 0 atom stereocenters. The summed E-state index contributed by atoms with van der Waals surface area (Å²) in [6.45, 7) is 2.21. The molecule has 0 spiro atoms. The molecule has 3 heteroatoms. The van der Waals surface area contributed by atoms with E-state index in [2.05, 4.69) is 18.5 Å². The van der Waals surface area contributed by atoms with Crippen molar-refractivity contribution < 1.29 is 0 Å². The van der Waals surface area contributed by atoms with E-state index in [-0.39, 0.29) is 0 Å². The lowest BCUT2D eigenvalue weighted by Crippen LogP contribution is -2.05. The molecule has 3 nitrogen and oxygen atoms in total. The number of nitrogens with two attached hydrogens (primary N) is 1. The Morgan fingerprint density at radius 2 is 2.06 bits per heavy atom. The maximum absolute atomic E-state index is 6.11. The molecule has 1 saturated carbocycles. The zero-order chi connectivity index (χ0) is 11.5. The lowest BCUT2D eigenvalue weighted by Gasteiger charge is -2.08. The van der Waals surface area contributed by atoms with Gasteiger partial charge in [0.2, 0.25) is 0 Å². The monoisotopic (exact) mass is 221 g/mol.